The van der Waals surface area contributed by atoms with Crippen molar-refractivity contribution < 1.29 is 22.6 Å². The van der Waals surface area contributed by atoms with Gasteiger partial charge >= 0.3 is 6.36 Å². The summed E-state index contributed by atoms with van der Waals surface area (Å²) in [4.78, 5) is 15.1. The van der Waals surface area contributed by atoms with Gasteiger partial charge in [0, 0.05) is 12.3 Å². The van der Waals surface area contributed by atoms with Gasteiger partial charge in [0.25, 0.3) is 11.6 Å². The van der Waals surface area contributed by atoms with Crippen molar-refractivity contribution in [3.8, 4) is 11.8 Å². The zero-order chi connectivity index (χ0) is 18.3. The van der Waals surface area contributed by atoms with E-state index >= 15 is 0 Å². The normalized spacial score (nSPS) is 24.0. The van der Waals surface area contributed by atoms with E-state index in [4.69, 9.17) is 4.74 Å². The predicted octanol–water partition coefficient (Wildman–Crippen LogP) is 3.17. The van der Waals surface area contributed by atoms with Crippen LogP contribution < -0.4 is 15.0 Å². The Morgan fingerprint density at radius 1 is 1.19 bits per heavy atom. The maximum absolute atomic E-state index is 12.2. The van der Waals surface area contributed by atoms with Gasteiger partial charge < -0.3 is 9.47 Å². The Hall–Kier alpha value is -2.51. The molecular weight excluding hydrogens is 349 g/mol. The van der Waals surface area contributed by atoms with Crippen molar-refractivity contribution in [2.45, 2.75) is 38.3 Å². The van der Waals surface area contributed by atoms with Crippen LogP contribution >= 0.6 is 0 Å². The second-order valence-electron chi connectivity index (χ2n) is 6.83. The quantitative estimate of drug-likeness (QED) is 0.816. The van der Waals surface area contributed by atoms with Crippen LogP contribution in [-0.4, -0.2) is 22.0 Å². The number of hydrogen-bond donors (Lipinski definition) is 0. The lowest BCUT2D eigenvalue weighted by atomic mass is 10.1. The summed E-state index contributed by atoms with van der Waals surface area (Å²) in [5.74, 6) is 0.824. The molecule has 1 aromatic heterocycles. The third-order valence-corrected chi connectivity index (χ3v) is 4.81. The highest BCUT2D eigenvalue weighted by Gasteiger charge is 2.40. The summed E-state index contributed by atoms with van der Waals surface area (Å²) in [6.07, 6.45) is -0.171. The number of rotatable bonds is 5. The van der Waals surface area contributed by atoms with Crippen molar-refractivity contribution in [2.75, 3.05) is 0 Å². The van der Waals surface area contributed by atoms with Crippen LogP contribution in [0.1, 0.15) is 18.4 Å². The maximum Gasteiger partial charge on any atom is 0.573 e. The van der Waals surface area contributed by atoms with Gasteiger partial charge in [-0.1, -0.05) is 12.1 Å². The summed E-state index contributed by atoms with van der Waals surface area (Å²) in [7, 11) is 0. The van der Waals surface area contributed by atoms with E-state index in [0.29, 0.717) is 24.4 Å². The molecule has 138 valence electrons. The molecule has 1 aliphatic heterocycles. The largest absolute Gasteiger partial charge is 0.573 e. The van der Waals surface area contributed by atoms with Crippen LogP contribution in [-0.2, 0) is 13.0 Å². The fraction of sp³-hybridized carbons (Fsp3) is 0.444. The molecule has 0 saturated heterocycles. The third kappa shape index (κ3) is 4.00. The van der Waals surface area contributed by atoms with E-state index in [9.17, 15) is 18.0 Å². The number of ether oxygens (including phenoxy) is 2. The minimum Gasteiger partial charge on any atom is -0.459 e. The first-order chi connectivity index (χ1) is 12.4. The van der Waals surface area contributed by atoms with Crippen molar-refractivity contribution >= 4 is 0 Å². The number of aromatic nitrogens is 2. The number of benzene rings is 1. The van der Waals surface area contributed by atoms with Crippen LogP contribution in [0.25, 0.3) is 0 Å². The number of hydrogen-bond acceptors (Lipinski definition) is 4. The lowest BCUT2D eigenvalue weighted by molar-refractivity contribution is -0.274. The molecule has 3 atom stereocenters. The topological polar surface area (TPSA) is 53.4 Å². The zero-order valence-electron chi connectivity index (χ0n) is 13.8. The van der Waals surface area contributed by atoms with E-state index in [1.165, 1.54) is 18.2 Å². The monoisotopic (exact) mass is 366 g/mol. The third-order valence-electron chi connectivity index (χ3n) is 4.81. The van der Waals surface area contributed by atoms with Crippen molar-refractivity contribution in [1.29, 1.82) is 0 Å². The maximum atomic E-state index is 12.2. The summed E-state index contributed by atoms with van der Waals surface area (Å²) >= 11 is 0. The fourth-order valence-corrected chi connectivity index (χ4v) is 3.49. The van der Waals surface area contributed by atoms with Gasteiger partial charge in [-0.15, -0.1) is 13.2 Å². The molecule has 8 heteroatoms. The molecule has 2 aliphatic rings. The van der Waals surface area contributed by atoms with E-state index in [2.05, 4.69) is 9.72 Å². The molecule has 5 nitrogen and oxygen atoms in total. The van der Waals surface area contributed by atoms with Crippen LogP contribution in [0.3, 0.4) is 0 Å². The molecule has 2 aromatic rings. The molecule has 4 rings (SSSR count). The first-order valence-corrected chi connectivity index (χ1v) is 8.44. The molecule has 0 amide bonds. The second-order valence-corrected chi connectivity index (χ2v) is 6.83. The van der Waals surface area contributed by atoms with E-state index in [0.717, 1.165) is 24.8 Å². The van der Waals surface area contributed by atoms with Crippen molar-refractivity contribution in [3.05, 3.63) is 52.4 Å². The van der Waals surface area contributed by atoms with Crippen molar-refractivity contribution in [3.63, 3.8) is 0 Å². The first kappa shape index (κ1) is 16.9. The van der Waals surface area contributed by atoms with Gasteiger partial charge in [-0.25, -0.2) is 0 Å². The molecular formula is C18H17F3N2O3. The van der Waals surface area contributed by atoms with E-state index in [1.54, 1.807) is 18.3 Å². The van der Waals surface area contributed by atoms with Crippen LogP contribution in [0.5, 0.6) is 11.8 Å². The molecule has 1 fully saturated rings. The van der Waals surface area contributed by atoms with Crippen LogP contribution in [0.15, 0.2) is 41.3 Å². The summed E-state index contributed by atoms with van der Waals surface area (Å²) in [6.45, 7) is 0.690. The molecule has 1 aliphatic carbocycles. The van der Waals surface area contributed by atoms with Crippen LogP contribution in [0.2, 0.25) is 0 Å². The Bertz CT molecular complexity index is 848. The number of halogens is 3. The number of alkyl halides is 3. The van der Waals surface area contributed by atoms with Gasteiger partial charge in [0.2, 0.25) is 0 Å². The number of nitrogens with zero attached hydrogens (tertiary/aromatic N) is 2. The van der Waals surface area contributed by atoms with Crippen LogP contribution in [0.4, 0.5) is 13.2 Å². The van der Waals surface area contributed by atoms with Gasteiger partial charge in [0.05, 0.1) is 6.54 Å². The summed E-state index contributed by atoms with van der Waals surface area (Å²) in [6, 6.07) is 7.84. The Labute approximate surface area is 147 Å². The smallest absolute Gasteiger partial charge is 0.459 e. The molecule has 3 unspecified atom stereocenters. The highest BCUT2D eigenvalue weighted by molar-refractivity contribution is 5.28. The Morgan fingerprint density at radius 3 is 2.69 bits per heavy atom. The lowest BCUT2D eigenvalue weighted by Gasteiger charge is -2.10. The number of fused-ring (bicyclic) bond motifs is 1. The summed E-state index contributed by atoms with van der Waals surface area (Å²) < 4.78 is 48.0. The molecule has 0 N–H and O–H groups in total. The van der Waals surface area contributed by atoms with E-state index in [1.807, 2.05) is 4.57 Å². The molecule has 26 heavy (non-hydrogen) atoms. The predicted molar refractivity (Wildman–Crippen MR) is 86.0 cm³/mol. The average molecular weight is 366 g/mol. The first-order valence-electron chi connectivity index (χ1n) is 8.44. The van der Waals surface area contributed by atoms with Gasteiger partial charge in [-0.05, 0) is 48.8 Å². The molecule has 0 bridgehead atoms. The minimum atomic E-state index is -4.66. The SMILES string of the molecule is O=c1ccn2c(n1)OC(CC1CC1Cc1ccc(OC(F)(F)F)cc1)C2. The van der Waals surface area contributed by atoms with Gasteiger partial charge in [-0.3, -0.25) is 9.36 Å². The summed E-state index contributed by atoms with van der Waals surface area (Å²) in [5.41, 5.74) is 0.689. The second kappa shape index (κ2) is 6.34. The van der Waals surface area contributed by atoms with Crippen LogP contribution in [0, 0.1) is 11.8 Å². The van der Waals surface area contributed by atoms with E-state index in [-0.39, 0.29) is 17.4 Å². The standard InChI is InChI=1S/C18H17F3N2O3/c19-18(20,21)26-14-3-1-11(2-4-14)7-12-8-13(12)9-15-10-23-6-5-16(24)22-17(23)25-15/h1-6,12-13,15H,7-10H2. The van der Waals surface area contributed by atoms with Crippen molar-refractivity contribution in [2.24, 2.45) is 11.8 Å². The highest BCUT2D eigenvalue weighted by Crippen LogP contribution is 2.45. The summed E-state index contributed by atoms with van der Waals surface area (Å²) in [5, 5.41) is 0. The lowest BCUT2D eigenvalue weighted by Crippen LogP contribution is -2.17. The molecule has 0 radical (unpaired) electrons. The van der Waals surface area contributed by atoms with Gasteiger partial charge in [0.1, 0.15) is 11.9 Å². The minimum absolute atomic E-state index is 0.0156. The molecule has 1 saturated carbocycles. The van der Waals surface area contributed by atoms with E-state index < -0.39 is 6.36 Å². The van der Waals surface area contributed by atoms with Gasteiger partial charge in [-0.2, -0.15) is 4.98 Å². The fourth-order valence-electron chi connectivity index (χ4n) is 3.49. The molecule has 2 heterocycles. The Morgan fingerprint density at radius 2 is 1.96 bits per heavy atom. The highest BCUT2D eigenvalue weighted by atomic mass is 19.4. The molecule has 0 spiro atoms. The Kier molecular flexibility index (Phi) is 4.13. The Balaban J connectivity index is 1.27. The molecule has 1 aromatic carbocycles. The zero-order valence-corrected chi connectivity index (χ0v) is 13.8. The average Bonchev–Trinajstić information content (AvgIpc) is 3.13. The van der Waals surface area contributed by atoms with Gasteiger partial charge in [0.15, 0.2) is 0 Å². The van der Waals surface area contributed by atoms with Crippen molar-refractivity contribution in [1.82, 2.24) is 9.55 Å².